The Kier molecular flexibility index (Phi) is 18.2. The average Bonchev–Trinajstić information content (AvgIpc) is 1.57. The maximum Gasteiger partial charge on any atom is 0.162 e. The third-order valence-corrected chi connectivity index (χ3v) is 24.4. The molecule has 12 heteroatoms. The second-order valence-corrected chi connectivity index (χ2v) is 32.0. The Morgan fingerprint density at radius 3 is 0.944 bits per heavy atom. The minimum Gasteiger partial charge on any atom is -0.456 e. The van der Waals surface area contributed by atoms with Gasteiger partial charge in [0, 0.05) is 119 Å². The predicted octanol–water partition coefficient (Wildman–Crippen LogP) is 29.0. The zero-order valence-corrected chi connectivity index (χ0v) is 67.5. The van der Waals surface area contributed by atoms with Gasteiger partial charge in [0.25, 0.3) is 0 Å². The molecule has 0 spiro atoms. The normalized spacial score (nSPS) is 11.5. The van der Waals surface area contributed by atoms with Gasteiger partial charge in [-0.3, -0.25) is 0 Å². The Labute approximate surface area is 717 Å². The molecular formula is C112H70N10OS. The van der Waals surface area contributed by atoms with Crippen LogP contribution in [0.5, 0.6) is 0 Å². The molecule has 0 aliphatic carbocycles. The van der Waals surface area contributed by atoms with Crippen molar-refractivity contribution in [3.63, 3.8) is 0 Å². The zero-order valence-electron chi connectivity index (χ0n) is 66.7. The summed E-state index contributed by atoms with van der Waals surface area (Å²) in [5.41, 5.74) is 26.3. The van der Waals surface area contributed by atoms with Gasteiger partial charge in [-0.2, -0.15) is 0 Å². The summed E-state index contributed by atoms with van der Waals surface area (Å²) in [7, 11) is 0. The Bertz CT molecular complexity index is 7490. The molecule has 0 aliphatic heterocycles. The number of aromatic nitrogens is 10. The summed E-state index contributed by atoms with van der Waals surface area (Å²) in [6.07, 6.45) is 0. The van der Waals surface area contributed by atoms with E-state index >= 15 is 0 Å². The highest BCUT2D eigenvalue weighted by atomic mass is 32.1. The molecule has 16 aromatic carbocycles. The fourth-order valence-electron chi connectivity index (χ4n) is 17.3. The number of rotatable bonds is 14. The van der Waals surface area contributed by atoms with Gasteiger partial charge in [-0.05, 0) is 97.1 Å². The highest BCUT2D eigenvalue weighted by Gasteiger charge is 2.26. The van der Waals surface area contributed by atoms with Crippen molar-refractivity contribution in [2.24, 2.45) is 0 Å². The summed E-state index contributed by atoms with van der Waals surface area (Å²) in [6.45, 7) is 0. The number of para-hydroxylation sites is 3. The lowest BCUT2D eigenvalue weighted by Crippen LogP contribution is -2.03. The van der Waals surface area contributed by atoms with E-state index < -0.39 is 0 Å². The minimum absolute atomic E-state index is 0.621. The number of thiophene rings is 1. The topological polar surface area (TPSA) is 126 Å². The van der Waals surface area contributed by atoms with Crippen LogP contribution in [0.1, 0.15) is 0 Å². The molecule has 0 unspecified atom stereocenters. The van der Waals surface area contributed by atoms with Crippen molar-refractivity contribution in [3.8, 4) is 147 Å². The first-order chi connectivity index (χ1) is 61.4. The lowest BCUT2D eigenvalue weighted by atomic mass is 9.99. The minimum atomic E-state index is 0.621. The van der Waals surface area contributed by atoms with Gasteiger partial charge in [-0.1, -0.05) is 328 Å². The molecule has 0 N–H and O–H groups in total. The van der Waals surface area contributed by atoms with E-state index in [9.17, 15) is 0 Å². The fraction of sp³-hybridized carbons (Fsp3) is 0. The molecule has 0 saturated heterocycles. The van der Waals surface area contributed by atoms with Crippen LogP contribution >= 0.6 is 11.3 Å². The number of hydrogen-bond acceptors (Lipinski definition) is 10. The van der Waals surface area contributed by atoms with Crippen LogP contribution in [0.15, 0.2) is 429 Å². The van der Waals surface area contributed by atoms with Gasteiger partial charge >= 0.3 is 0 Å². The van der Waals surface area contributed by atoms with Crippen molar-refractivity contribution in [2.75, 3.05) is 0 Å². The van der Waals surface area contributed by atoms with Crippen LogP contribution in [0.4, 0.5) is 0 Å². The van der Waals surface area contributed by atoms with Gasteiger partial charge in [0.05, 0.1) is 79.0 Å². The van der Waals surface area contributed by atoms with E-state index in [-0.39, 0.29) is 0 Å². The Morgan fingerprint density at radius 2 is 0.500 bits per heavy atom. The third-order valence-electron chi connectivity index (χ3n) is 23.3. The Hall–Kier alpha value is -16.5. The smallest absolute Gasteiger partial charge is 0.162 e. The van der Waals surface area contributed by atoms with Crippen LogP contribution in [0, 0.1) is 0 Å². The molecule has 0 fully saturated rings. The molecule has 0 aliphatic rings. The van der Waals surface area contributed by atoms with Crippen LogP contribution in [0.2, 0.25) is 0 Å². The zero-order chi connectivity index (χ0) is 82.0. The van der Waals surface area contributed by atoms with Crippen molar-refractivity contribution in [2.45, 2.75) is 0 Å². The van der Waals surface area contributed by atoms with Gasteiger partial charge in [0.1, 0.15) is 11.2 Å². The number of benzene rings is 16. The largest absolute Gasteiger partial charge is 0.456 e. The lowest BCUT2D eigenvalue weighted by Gasteiger charge is -2.17. The van der Waals surface area contributed by atoms with E-state index in [0.717, 1.165) is 178 Å². The lowest BCUT2D eigenvalue weighted by molar-refractivity contribution is 0.669. The van der Waals surface area contributed by atoms with Crippen molar-refractivity contribution >= 4 is 97.1 Å². The molecule has 0 saturated carbocycles. The first-order valence-corrected chi connectivity index (χ1v) is 42.2. The molecule has 24 aromatic rings. The summed E-state index contributed by atoms with van der Waals surface area (Å²) >= 11 is 1.85. The summed E-state index contributed by atoms with van der Waals surface area (Å²) in [6, 6.07) is 147. The van der Waals surface area contributed by atoms with Crippen LogP contribution in [-0.4, -0.2) is 49.0 Å². The first-order valence-electron chi connectivity index (χ1n) is 41.4. The van der Waals surface area contributed by atoms with Gasteiger partial charge in [0.15, 0.2) is 23.3 Å². The molecule has 8 aromatic heterocycles. The molecule has 124 heavy (non-hydrogen) atoms. The highest BCUT2D eigenvalue weighted by Crippen LogP contribution is 2.47. The second kappa shape index (κ2) is 31.0. The van der Waals surface area contributed by atoms with Crippen LogP contribution < -0.4 is 0 Å². The van der Waals surface area contributed by atoms with Gasteiger partial charge in [-0.25, -0.2) is 39.9 Å². The first kappa shape index (κ1) is 72.7. The third kappa shape index (κ3) is 13.4. The second-order valence-electron chi connectivity index (χ2n) is 30.9. The van der Waals surface area contributed by atoms with Crippen LogP contribution in [0.25, 0.3) is 233 Å². The monoisotopic (exact) mass is 1600 g/mol. The molecule has 0 radical (unpaired) electrons. The quantitative estimate of drug-likeness (QED) is 0.105. The van der Waals surface area contributed by atoms with Gasteiger partial charge in [-0.15, -0.1) is 11.3 Å². The fourth-order valence-corrected chi connectivity index (χ4v) is 18.5. The number of fused-ring (bicyclic) bond motifs is 12. The summed E-state index contributed by atoms with van der Waals surface area (Å²) < 4.78 is 13.8. The van der Waals surface area contributed by atoms with E-state index in [1.807, 2.05) is 145 Å². The number of nitrogens with zero attached hydrogens (tertiary/aromatic N) is 10. The standard InChI is InChI=1S/C56H35N5O.C56H35N5S/c1-5-17-36(18-6-1)46-34-48(59-55(57-46)38-21-9-3-10-22-38)40-29-30-51(45(31-40)49-35-47(37-19-7-2-8-20-37)58-56(60-49)39-23-11-4-12-24-39)61-50-27-15-13-25-41(50)43-33-54-44(32-52(43)61)42-26-14-16-28-53(42)62-54;1-5-17-36(18-6-1)46-35-49(58-55(57-46)39-23-11-4-12-24-39)40-29-30-51(45(31-40)56-59-47(37-19-7-2-8-20-37)34-48(60-56)38-21-9-3-10-22-38)61-50-27-15-13-25-41(50)43-33-54-44(32-52(43)61)42-26-14-16-28-53(42)62-54/h2*1-35H. The van der Waals surface area contributed by atoms with Crippen LogP contribution in [0.3, 0.4) is 0 Å². The maximum absolute atomic E-state index is 6.44. The number of hydrogen-bond donors (Lipinski definition) is 0. The van der Waals surface area contributed by atoms with Crippen molar-refractivity contribution < 1.29 is 4.42 Å². The van der Waals surface area contributed by atoms with E-state index in [0.29, 0.717) is 23.3 Å². The highest BCUT2D eigenvalue weighted by molar-refractivity contribution is 7.25. The maximum atomic E-state index is 6.44. The van der Waals surface area contributed by atoms with E-state index in [4.69, 9.17) is 44.3 Å². The molecule has 580 valence electrons. The van der Waals surface area contributed by atoms with Crippen molar-refractivity contribution in [1.29, 1.82) is 0 Å². The van der Waals surface area contributed by atoms with E-state index in [1.54, 1.807) is 0 Å². The van der Waals surface area contributed by atoms with E-state index in [1.165, 1.54) is 30.9 Å². The summed E-state index contributed by atoms with van der Waals surface area (Å²) in [4.78, 5) is 42.1. The van der Waals surface area contributed by atoms with Crippen molar-refractivity contribution in [1.82, 2.24) is 49.0 Å². The molecular weight excluding hydrogens is 1530 g/mol. The average molecular weight is 1600 g/mol. The Morgan fingerprint density at radius 1 is 0.177 bits per heavy atom. The summed E-state index contributed by atoms with van der Waals surface area (Å²) in [5, 5.41) is 9.30. The van der Waals surface area contributed by atoms with Crippen molar-refractivity contribution in [3.05, 3.63) is 425 Å². The molecule has 24 rings (SSSR count). The predicted molar refractivity (Wildman–Crippen MR) is 509 cm³/mol. The van der Waals surface area contributed by atoms with Gasteiger partial charge < -0.3 is 13.6 Å². The molecule has 0 amide bonds. The van der Waals surface area contributed by atoms with E-state index in [2.05, 4.69) is 300 Å². The Balaban J connectivity index is 0.000000143. The molecule has 0 bridgehead atoms. The van der Waals surface area contributed by atoms with Crippen LogP contribution in [-0.2, 0) is 0 Å². The summed E-state index contributed by atoms with van der Waals surface area (Å²) in [5.74, 6) is 2.59. The molecule has 0 atom stereocenters. The van der Waals surface area contributed by atoms with Gasteiger partial charge in [0.2, 0.25) is 0 Å². The molecule has 8 heterocycles. The number of furan rings is 1. The molecule has 11 nitrogen and oxygen atoms in total. The SMILES string of the molecule is c1ccc(-c2cc(-c3ccc(-n4c5ccccc5c5cc6oc7ccccc7c6cc54)c(-c4cc(-c5ccccc5)nc(-c5ccccc5)n4)c3)nc(-c3ccccc3)n2)cc1.c1ccc(-c2cc(-c3ccc(-n4c5ccccc5c5cc6sc7ccccc7c6cc54)c(-c4nc(-c5ccccc5)cc(-c5ccccc5)n4)c3)nc(-c3ccccc3)n2)cc1.